The first-order valence-corrected chi connectivity index (χ1v) is 17.0. The molecule has 0 aromatic heterocycles. The number of carbonyl (C=O) groups is 1. The van der Waals surface area contributed by atoms with E-state index in [0.29, 0.717) is 31.7 Å². The van der Waals surface area contributed by atoms with Gasteiger partial charge in [-0.05, 0) is 55.3 Å². The summed E-state index contributed by atoms with van der Waals surface area (Å²) in [6, 6.07) is 12.5. The molecule has 5 rings (SSSR count). The molecule has 0 saturated carbocycles. The van der Waals surface area contributed by atoms with Crippen molar-refractivity contribution in [2.45, 2.75) is 75.3 Å². The monoisotopic (exact) mass is 647 g/mol. The minimum atomic E-state index is -4.24. The number of nitrogens with two attached hydrogens (primary N) is 1. The average Bonchev–Trinajstić information content (AvgIpc) is 3.75. The number of hydrogen-bond donors (Lipinski definition) is 3. The predicted molar refractivity (Wildman–Crippen MR) is 165 cm³/mol. The average molecular weight is 648 g/mol. The standard InChI is InChI=1S/C32H45N3O9S/c1-32(2,14-6-7-15-33)20-34(45(39,40)28-12-8-11-27-29(28)44-21-43-27)18-26(36)24(17-22-9-4-3-5-10-22)35(31(37)38)25-19-42-30-23(25)13-16-41-30/h3-5,8-12,23-26,30,36H,6-7,13-21,33H2,1-2H3,(H,37,38)/t23-,24-,25-,26+,30+/m0/s1. The highest BCUT2D eigenvalue weighted by Gasteiger charge is 2.49. The number of carboxylic acid groups (broad SMARTS) is 1. The minimum Gasteiger partial charge on any atom is -0.465 e. The third-order valence-corrected chi connectivity index (χ3v) is 10.8. The molecule has 3 aliphatic rings. The highest BCUT2D eigenvalue weighted by molar-refractivity contribution is 7.89. The largest absolute Gasteiger partial charge is 0.465 e. The van der Waals surface area contributed by atoms with Gasteiger partial charge in [-0.25, -0.2) is 13.2 Å². The lowest BCUT2D eigenvalue weighted by Crippen LogP contribution is -2.58. The smallest absolute Gasteiger partial charge is 0.407 e. The fraction of sp³-hybridized carbons (Fsp3) is 0.594. The summed E-state index contributed by atoms with van der Waals surface area (Å²) in [4.78, 5) is 14.2. The molecule has 5 atom stereocenters. The molecule has 1 amide bonds. The second kappa shape index (κ2) is 14.2. The van der Waals surface area contributed by atoms with E-state index in [2.05, 4.69) is 0 Å². The van der Waals surface area contributed by atoms with Crippen LogP contribution < -0.4 is 15.2 Å². The summed E-state index contributed by atoms with van der Waals surface area (Å²) in [6.45, 7) is 4.73. The number of ether oxygens (including phenoxy) is 4. The molecule has 4 N–H and O–H groups in total. The first-order chi connectivity index (χ1) is 21.5. The number of para-hydroxylation sites is 1. The summed E-state index contributed by atoms with van der Waals surface area (Å²) in [5, 5.41) is 22.6. The van der Waals surface area contributed by atoms with Crippen molar-refractivity contribution >= 4 is 16.1 Å². The van der Waals surface area contributed by atoms with E-state index in [0.717, 1.165) is 18.4 Å². The molecule has 2 saturated heterocycles. The van der Waals surface area contributed by atoms with Crippen LogP contribution in [0.3, 0.4) is 0 Å². The molecule has 0 radical (unpaired) electrons. The van der Waals surface area contributed by atoms with Gasteiger partial charge in [0.05, 0.1) is 31.4 Å². The maximum absolute atomic E-state index is 14.4. The maximum Gasteiger partial charge on any atom is 0.407 e. The van der Waals surface area contributed by atoms with Gasteiger partial charge in [-0.15, -0.1) is 0 Å². The molecular weight excluding hydrogens is 602 g/mol. The number of sulfonamides is 1. The fourth-order valence-electron chi connectivity index (χ4n) is 6.66. The molecule has 3 aliphatic heterocycles. The fourth-order valence-corrected chi connectivity index (χ4v) is 8.45. The van der Waals surface area contributed by atoms with Crippen molar-refractivity contribution in [3.63, 3.8) is 0 Å². The lowest BCUT2D eigenvalue weighted by Gasteiger charge is -2.40. The van der Waals surface area contributed by atoms with Crippen LogP contribution in [0.4, 0.5) is 4.79 Å². The number of hydrogen-bond acceptors (Lipinski definition) is 9. The van der Waals surface area contributed by atoms with Crippen molar-refractivity contribution in [2.75, 3.05) is 39.6 Å². The van der Waals surface area contributed by atoms with E-state index in [1.807, 2.05) is 44.2 Å². The molecule has 0 spiro atoms. The molecule has 0 aliphatic carbocycles. The zero-order valence-electron chi connectivity index (χ0n) is 25.9. The van der Waals surface area contributed by atoms with Crippen LogP contribution in [-0.2, 0) is 25.9 Å². The Bertz CT molecular complexity index is 1410. The molecule has 0 unspecified atom stereocenters. The van der Waals surface area contributed by atoms with Crippen LogP contribution in [0.2, 0.25) is 0 Å². The summed E-state index contributed by atoms with van der Waals surface area (Å²) < 4.78 is 52.6. The Morgan fingerprint density at radius 1 is 1.09 bits per heavy atom. The third kappa shape index (κ3) is 7.55. The van der Waals surface area contributed by atoms with Gasteiger partial charge in [0, 0.05) is 19.0 Å². The van der Waals surface area contributed by atoms with Gasteiger partial charge in [-0.3, -0.25) is 4.90 Å². The molecule has 12 nitrogen and oxygen atoms in total. The van der Waals surface area contributed by atoms with Gasteiger partial charge in [-0.2, -0.15) is 4.31 Å². The quantitative estimate of drug-likeness (QED) is 0.245. The van der Waals surface area contributed by atoms with E-state index in [9.17, 15) is 23.4 Å². The predicted octanol–water partition coefficient (Wildman–Crippen LogP) is 3.27. The second-order valence-electron chi connectivity index (χ2n) is 12.8. The topological polar surface area (TPSA) is 161 Å². The van der Waals surface area contributed by atoms with E-state index < -0.39 is 46.0 Å². The molecular formula is C32H45N3O9S. The number of rotatable bonds is 15. The molecule has 45 heavy (non-hydrogen) atoms. The van der Waals surface area contributed by atoms with Crippen LogP contribution in [0.1, 0.15) is 45.1 Å². The van der Waals surface area contributed by atoms with Crippen molar-refractivity contribution in [3.05, 3.63) is 54.1 Å². The molecule has 2 aromatic rings. The third-order valence-electron chi connectivity index (χ3n) is 8.96. The normalized spacial score (nSPS) is 22.4. The zero-order valence-corrected chi connectivity index (χ0v) is 26.7. The summed E-state index contributed by atoms with van der Waals surface area (Å²) in [5.41, 5.74) is 6.06. The number of fused-ring (bicyclic) bond motifs is 2. The lowest BCUT2D eigenvalue weighted by molar-refractivity contribution is -0.0906. The Morgan fingerprint density at radius 2 is 1.87 bits per heavy atom. The second-order valence-corrected chi connectivity index (χ2v) is 14.7. The van der Waals surface area contributed by atoms with Crippen molar-refractivity contribution in [1.29, 1.82) is 0 Å². The molecule has 3 heterocycles. The summed E-state index contributed by atoms with van der Waals surface area (Å²) >= 11 is 0. The molecule has 13 heteroatoms. The Hall–Kier alpha value is -2.94. The van der Waals surface area contributed by atoms with Gasteiger partial charge in [0.15, 0.2) is 17.8 Å². The van der Waals surface area contributed by atoms with Crippen LogP contribution in [0.25, 0.3) is 0 Å². The van der Waals surface area contributed by atoms with Crippen LogP contribution in [0, 0.1) is 11.3 Å². The summed E-state index contributed by atoms with van der Waals surface area (Å²) in [7, 11) is -4.24. The maximum atomic E-state index is 14.4. The van der Waals surface area contributed by atoms with E-state index in [1.165, 1.54) is 15.3 Å². The Morgan fingerprint density at radius 3 is 2.60 bits per heavy atom. The van der Waals surface area contributed by atoms with Gasteiger partial charge < -0.3 is 34.9 Å². The number of unbranched alkanes of at least 4 members (excludes halogenated alkanes) is 1. The molecule has 248 valence electrons. The Kier molecular flexibility index (Phi) is 10.6. The first kappa shape index (κ1) is 33.4. The SMILES string of the molecule is CC(C)(CCCCN)CN(C[C@@H](O)[C@H](Cc1ccccc1)N(C(=O)O)[C@H]1CO[C@H]2OCC[C@H]21)S(=O)(=O)c1cccc2c1OCO2. The Balaban J connectivity index is 1.50. The van der Waals surface area contributed by atoms with Crippen LogP contribution >= 0.6 is 0 Å². The van der Waals surface area contributed by atoms with Gasteiger partial charge in [0.1, 0.15) is 4.90 Å². The minimum absolute atomic E-state index is 0.0627. The van der Waals surface area contributed by atoms with E-state index in [4.69, 9.17) is 24.7 Å². The van der Waals surface area contributed by atoms with Crippen LogP contribution in [-0.4, -0.2) is 98.0 Å². The van der Waals surface area contributed by atoms with Gasteiger partial charge in [-0.1, -0.05) is 56.7 Å². The number of aliphatic hydroxyl groups excluding tert-OH is 1. The summed E-state index contributed by atoms with van der Waals surface area (Å²) in [6.07, 6.45) is 0.0347. The highest BCUT2D eigenvalue weighted by atomic mass is 32.2. The zero-order chi connectivity index (χ0) is 32.2. The van der Waals surface area contributed by atoms with Crippen LogP contribution in [0.5, 0.6) is 11.5 Å². The molecule has 2 fully saturated rings. The number of amides is 1. The number of nitrogens with zero attached hydrogens (tertiary/aromatic N) is 2. The Labute approximate surface area is 265 Å². The molecule has 2 aromatic carbocycles. The van der Waals surface area contributed by atoms with Crippen LogP contribution in [0.15, 0.2) is 53.4 Å². The van der Waals surface area contributed by atoms with E-state index >= 15 is 0 Å². The van der Waals surface area contributed by atoms with Gasteiger partial charge in [0.25, 0.3) is 0 Å². The van der Waals surface area contributed by atoms with Crippen molar-refractivity contribution in [2.24, 2.45) is 17.1 Å². The van der Waals surface area contributed by atoms with Crippen molar-refractivity contribution in [1.82, 2.24) is 9.21 Å². The lowest BCUT2D eigenvalue weighted by atomic mass is 9.87. The number of benzene rings is 2. The highest BCUT2D eigenvalue weighted by Crippen LogP contribution is 2.41. The first-order valence-electron chi connectivity index (χ1n) is 15.6. The van der Waals surface area contributed by atoms with Crippen molar-refractivity contribution < 1.29 is 42.4 Å². The number of aliphatic hydroxyl groups is 1. The van der Waals surface area contributed by atoms with E-state index in [-0.39, 0.29) is 49.5 Å². The van der Waals surface area contributed by atoms with Gasteiger partial charge >= 0.3 is 6.09 Å². The summed E-state index contributed by atoms with van der Waals surface area (Å²) in [5.74, 6) is 0.269. The van der Waals surface area contributed by atoms with E-state index in [1.54, 1.807) is 12.1 Å². The molecule has 0 bridgehead atoms. The van der Waals surface area contributed by atoms with Gasteiger partial charge in [0.2, 0.25) is 16.8 Å². The van der Waals surface area contributed by atoms with Crippen molar-refractivity contribution in [3.8, 4) is 11.5 Å².